The molecule has 0 amide bonds. The second-order valence-electron chi connectivity index (χ2n) is 5.13. The van der Waals surface area contributed by atoms with Crippen molar-refractivity contribution in [3.05, 3.63) is 66.4 Å². The van der Waals surface area contributed by atoms with E-state index in [0.29, 0.717) is 12.4 Å². The molecule has 0 fully saturated rings. The van der Waals surface area contributed by atoms with E-state index >= 15 is 0 Å². The Labute approximate surface area is 127 Å². The molecule has 0 aliphatic carbocycles. The molecule has 3 aromatic heterocycles. The van der Waals surface area contributed by atoms with Crippen molar-refractivity contribution in [3.8, 4) is 5.75 Å². The van der Waals surface area contributed by atoms with Crippen LogP contribution in [0.15, 0.2) is 55.0 Å². The van der Waals surface area contributed by atoms with E-state index in [1.54, 1.807) is 6.20 Å². The normalized spacial score (nSPS) is 11.1. The second-order valence-corrected chi connectivity index (χ2v) is 5.13. The molecule has 0 aliphatic heterocycles. The summed E-state index contributed by atoms with van der Waals surface area (Å²) in [6.45, 7) is 2.36. The molecule has 0 saturated carbocycles. The maximum absolute atomic E-state index is 5.92. The van der Waals surface area contributed by atoms with Gasteiger partial charge in [0.25, 0.3) is 0 Å². The smallest absolute Gasteiger partial charge is 0.234 e. The largest absolute Gasteiger partial charge is 0.485 e. The van der Waals surface area contributed by atoms with E-state index in [0.717, 1.165) is 28.0 Å². The van der Waals surface area contributed by atoms with Crippen molar-refractivity contribution in [1.29, 1.82) is 0 Å². The van der Waals surface area contributed by atoms with Gasteiger partial charge in [0.15, 0.2) is 0 Å². The first-order chi connectivity index (χ1) is 10.8. The van der Waals surface area contributed by atoms with E-state index in [1.165, 1.54) is 0 Å². The fourth-order valence-corrected chi connectivity index (χ4v) is 2.43. The zero-order valence-electron chi connectivity index (χ0n) is 12.1. The predicted octanol–water partition coefficient (Wildman–Crippen LogP) is 3.16. The van der Waals surface area contributed by atoms with Crippen molar-refractivity contribution in [2.75, 3.05) is 0 Å². The first kappa shape index (κ1) is 12.8. The molecule has 0 aliphatic rings. The highest BCUT2D eigenvalue weighted by Crippen LogP contribution is 2.24. The molecular weight excluding hydrogens is 276 g/mol. The fourth-order valence-electron chi connectivity index (χ4n) is 2.43. The summed E-state index contributed by atoms with van der Waals surface area (Å²) >= 11 is 0. The van der Waals surface area contributed by atoms with Gasteiger partial charge in [0.1, 0.15) is 17.9 Å². The van der Waals surface area contributed by atoms with Crippen molar-refractivity contribution in [3.63, 3.8) is 0 Å². The van der Waals surface area contributed by atoms with Crippen LogP contribution in [0.4, 0.5) is 0 Å². The Hall–Kier alpha value is -2.95. The highest BCUT2D eigenvalue weighted by Gasteiger charge is 2.06. The number of aryl methyl sites for hydroxylation is 1. The van der Waals surface area contributed by atoms with Gasteiger partial charge in [0.2, 0.25) is 5.78 Å². The molecule has 1 aromatic carbocycles. The number of pyridine rings is 1. The van der Waals surface area contributed by atoms with Gasteiger partial charge in [-0.15, -0.1) is 0 Å². The van der Waals surface area contributed by atoms with Gasteiger partial charge in [0, 0.05) is 29.7 Å². The molecule has 0 atom stereocenters. The van der Waals surface area contributed by atoms with Crippen LogP contribution in [0.25, 0.3) is 16.7 Å². The topological polar surface area (TPSA) is 52.3 Å². The van der Waals surface area contributed by atoms with Gasteiger partial charge in [-0.1, -0.05) is 18.2 Å². The van der Waals surface area contributed by atoms with E-state index in [4.69, 9.17) is 4.74 Å². The van der Waals surface area contributed by atoms with Crippen molar-refractivity contribution < 1.29 is 4.74 Å². The molecule has 5 heteroatoms. The molecule has 0 radical (unpaired) electrons. The monoisotopic (exact) mass is 290 g/mol. The van der Waals surface area contributed by atoms with Gasteiger partial charge in [-0.05, 0) is 25.1 Å². The third-order valence-corrected chi connectivity index (χ3v) is 3.48. The molecular formula is C17H14N4O. The summed E-state index contributed by atoms with van der Waals surface area (Å²) in [4.78, 5) is 13.2. The Morgan fingerprint density at radius 3 is 2.95 bits per heavy atom. The van der Waals surface area contributed by atoms with Crippen molar-refractivity contribution in [2.24, 2.45) is 0 Å². The summed E-state index contributed by atoms with van der Waals surface area (Å²) in [7, 11) is 0. The summed E-state index contributed by atoms with van der Waals surface area (Å²) in [6.07, 6.45) is 5.57. The van der Waals surface area contributed by atoms with Crippen LogP contribution < -0.4 is 4.74 Å². The summed E-state index contributed by atoms with van der Waals surface area (Å²) in [5.74, 6) is 1.44. The van der Waals surface area contributed by atoms with E-state index in [1.807, 2.05) is 54.0 Å². The minimum absolute atomic E-state index is 0.387. The summed E-state index contributed by atoms with van der Waals surface area (Å²) in [5, 5.41) is 1.07. The van der Waals surface area contributed by atoms with E-state index < -0.39 is 0 Å². The number of para-hydroxylation sites is 1. The lowest BCUT2D eigenvalue weighted by atomic mass is 10.2. The standard InChI is InChI=1S/C17H14N4O/c1-12-6-7-13-4-2-5-15(16(13)19-12)22-11-14-10-21-9-3-8-18-17(21)20-14/h2-10H,11H2,1H3. The molecule has 0 N–H and O–H groups in total. The van der Waals surface area contributed by atoms with Crippen molar-refractivity contribution in [1.82, 2.24) is 19.4 Å². The molecule has 5 nitrogen and oxygen atoms in total. The Balaban J connectivity index is 1.64. The zero-order chi connectivity index (χ0) is 14.9. The van der Waals surface area contributed by atoms with Gasteiger partial charge in [0.05, 0.1) is 5.69 Å². The summed E-state index contributed by atoms with van der Waals surface area (Å²) < 4.78 is 7.80. The van der Waals surface area contributed by atoms with Gasteiger partial charge in [-0.25, -0.2) is 15.0 Å². The van der Waals surface area contributed by atoms with Gasteiger partial charge in [-0.3, -0.25) is 4.40 Å². The number of imidazole rings is 1. The average Bonchev–Trinajstić information content (AvgIpc) is 2.95. The Kier molecular flexibility index (Phi) is 2.96. The second kappa shape index (κ2) is 5.11. The lowest BCUT2D eigenvalue weighted by Gasteiger charge is -2.07. The summed E-state index contributed by atoms with van der Waals surface area (Å²) in [5.41, 5.74) is 2.69. The molecule has 22 heavy (non-hydrogen) atoms. The van der Waals surface area contributed by atoms with Gasteiger partial charge < -0.3 is 4.74 Å². The maximum atomic E-state index is 5.92. The van der Waals surface area contributed by atoms with Crippen LogP contribution in [0, 0.1) is 6.92 Å². The third kappa shape index (κ3) is 2.26. The number of benzene rings is 1. The molecule has 0 bridgehead atoms. The van der Waals surface area contributed by atoms with Crippen LogP contribution in [-0.2, 0) is 6.61 Å². The summed E-state index contributed by atoms with van der Waals surface area (Å²) in [6, 6.07) is 11.9. The number of hydrogen-bond acceptors (Lipinski definition) is 4. The lowest BCUT2D eigenvalue weighted by molar-refractivity contribution is 0.305. The molecule has 0 unspecified atom stereocenters. The number of fused-ring (bicyclic) bond motifs is 2. The van der Waals surface area contributed by atoms with Crippen molar-refractivity contribution >= 4 is 16.7 Å². The molecule has 0 saturated heterocycles. The average molecular weight is 290 g/mol. The van der Waals surface area contributed by atoms with Crippen LogP contribution in [-0.4, -0.2) is 19.4 Å². The maximum Gasteiger partial charge on any atom is 0.234 e. The fraction of sp³-hybridized carbons (Fsp3) is 0.118. The minimum Gasteiger partial charge on any atom is -0.485 e. The van der Waals surface area contributed by atoms with Gasteiger partial charge in [-0.2, -0.15) is 0 Å². The van der Waals surface area contributed by atoms with Gasteiger partial charge >= 0.3 is 0 Å². The number of hydrogen-bond donors (Lipinski definition) is 0. The third-order valence-electron chi connectivity index (χ3n) is 3.48. The van der Waals surface area contributed by atoms with E-state index in [-0.39, 0.29) is 0 Å². The molecule has 3 heterocycles. The molecule has 4 aromatic rings. The minimum atomic E-state index is 0.387. The molecule has 0 spiro atoms. The number of ether oxygens (including phenoxy) is 1. The Morgan fingerprint density at radius 1 is 1.09 bits per heavy atom. The number of rotatable bonds is 3. The number of aromatic nitrogens is 4. The van der Waals surface area contributed by atoms with Crippen molar-refractivity contribution in [2.45, 2.75) is 13.5 Å². The highest BCUT2D eigenvalue weighted by molar-refractivity contribution is 5.84. The Bertz CT molecular complexity index is 928. The zero-order valence-corrected chi connectivity index (χ0v) is 12.1. The lowest BCUT2D eigenvalue weighted by Crippen LogP contribution is -1.97. The van der Waals surface area contributed by atoms with Crippen LogP contribution in [0.5, 0.6) is 5.75 Å². The number of nitrogens with zero attached hydrogens (tertiary/aromatic N) is 4. The van der Waals surface area contributed by atoms with Crippen LogP contribution in [0.2, 0.25) is 0 Å². The molecule has 4 rings (SSSR count). The molecule has 108 valence electrons. The van der Waals surface area contributed by atoms with E-state index in [2.05, 4.69) is 21.0 Å². The quantitative estimate of drug-likeness (QED) is 0.581. The first-order valence-corrected chi connectivity index (χ1v) is 7.07. The van der Waals surface area contributed by atoms with E-state index in [9.17, 15) is 0 Å². The predicted molar refractivity (Wildman–Crippen MR) is 83.8 cm³/mol. The first-order valence-electron chi connectivity index (χ1n) is 7.07. The SMILES string of the molecule is Cc1ccc2cccc(OCc3cn4cccnc4n3)c2n1. The van der Waals surface area contributed by atoms with Crippen LogP contribution in [0.3, 0.4) is 0 Å². The Morgan fingerprint density at radius 2 is 2.05 bits per heavy atom. The highest BCUT2D eigenvalue weighted by atomic mass is 16.5. The van der Waals surface area contributed by atoms with Crippen LogP contribution >= 0.6 is 0 Å². The van der Waals surface area contributed by atoms with Crippen LogP contribution in [0.1, 0.15) is 11.4 Å².